The van der Waals surface area contributed by atoms with Crippen LogP contribution in [0.3, 0.4) is 0 Å². The third kappa shape index (κ3) is 2.55. The number of nitrogens with two attached hydrogens (primary N) is 1. The van der Waals surface area contributed by atoms with Crippen molar-refractivity contribution in [1.29, 1.82) is 0 Å². The van der Waals surface area contributed by atoms with E-state index in [9.17, 15) is 9.59 Å². The van der Waals surface area contributed by atoms with Crippen molar-refractivity contribution in [3.05, 3.63) is 16.4 Å². The molecule has 2 rings (SSSR count). The molecule has 1 saturated heterocycles. The van der Waals surface area contributed by atoms with Crippen LogP contribution in [0.25, 0.3) is 0 Å². The highest BCUT2D eigenvalue weighted by atomic mass is 16.4. The second kappa shape index (κ2) is 4.44. The van der Waals surface area contributed by atoms with Crippen molar-refractivity contribution < 1.29 is 9.90 Å². The third-order valence-corrected chi connectivity index (χ3v) is 2.84. The summed E-state index contributed by atoms with van der Waals surface area (Å²) in [5, 5.41) is 8.97. The van der Waals surface area contributed by atoms with Crippen LogP contribution in [0, 0.1) is 5.92 Å². The minimum atomic E-state index is -0.812. The van der Waals surface area contributed by atoms with Crippen LogP contribution in [0.15, 0.2) is 10.9 Å². The van der Waals surface area contributed by atoms with Gasteiger partial charge in [-0.1, -0.05) is 0 Å². The van der Waals surface area contributed by atoms with Gasteiger partial charge in [0, 0.05) is 19.2 Å². The average Bonchev–Trinajstić information content (AvgIpc) is 2.28. The van der Waals surface area contributed by atoms with E-state index in [1.54, 1.807) is 4.90 Å². The summed E-state index contributed by atoms with van der Waals surface area (Å²) in [5.41, 5.74) is 5.12. The van der Waals surface area contributed by atoms with Gasteiger partial charge >= 0.3 is 5.97 Å². The van der Waals surface area contributed by atoms with E-state index in [-0.39, 0.29) is 11.5 Å². The monoisotopic (exact) mass is 238 g/mol. The van der Waals surface area contributed by atoms with Crippen LogP contribution in [-0.2, 0) is 4.79 Å². The molecule has 2 heterocycles. The number of aromatic nitrogens is 2. The van der Waals surface area contributed by atoms with Gasteiger partial charge in [-0.2, -0.15) is 4.98 Å². The van der Waals surface area contributed by atoms with Crippen LogP contribution in [0.5, 0.6) is 0 Å². The van der Waals surface area contributed by atoms with E-state index in [1.165, 1.54) is 6.07 Å². The van der Waals surface area contributed by atoms with Crippen LogP contribution in [0.4, 0.5) is 11.8 Å². The number of piperidine rings is 1. The first-order chi connectivity index (χ1) is 8.06. The molecule has 1 aliphatic rings. The Balaban J connectivity index is 2.21. The number of hydrogen-bond acceptors (Lipinski definition) is 5. The lowest BCUT2D eigenvalue weighted by molar-refractivity contribution is -0.141. The smallest absolute Gasteiger partial charge is 0.308 e. The summed E-state index contributed by atoms with van der Waals surface area (Å²) in [6.45, 7) is 1.06. The molecule has 0 aromatic carbocycles. The summed E-state index contributed by atoms with van der Waals surface area (Å²) < 4.78 is 0. The number of carboxylic acid groups (broad SMARTS) is 1. The molecule has 0 spiro atoms. The number of carbonyl (C=O) groups is 1. The second-order valence-electron chi connectivity index (χ2n) is 4.11. The van der Waals surface area contributed by atoms with Gasteiger partial charge in [0.05, 0.1) is 5.92 Å². The standard InChI is InChI=1S/C10H14N4O3/c11-10-12-7(4-8(15)13-10)14-3-1-2-6(5-14)9(16)17/h4,6H,1-3,5H2,(H,16,17)(H3,11,12,13,15)/t6-/m0/s1. The van der Waals surface area contributed by atoms with Crippen molar-refractivity contribution >= 4 is 17.7 Å². The van der Waals surface area contributed by atoms with Crippen LogP contribution in [0.1, 0.15) is 12.8 Å². The first-order valence-corrected chi connectivity index (χ1v) is 5.41. The van der Waals surface area contributed by atoms with E-state index < -0.39 is 11.9 Å². The van der Waals surface area contributed by atoms with Gasteiger partial charge < -0.3 is 15.7 Å². The fraction of sp³-hybridized carbons (Fsp3) is 0.500. The molecule has 7 nitrogen and oxygen atoms in total. The number of H-pyrrole nitrogens is 1. The molecule has 0 bridgehead atoms. The van der Waals surface area contributed by atoms with Crippen molar-refractivity contribution in [3.8, 4) is 0 Å². The maximum Gasteiger partial charge on any atom is 0.308 e. The van der Waals surface area contributed by atoms with Gasteiger partial charge in [-0.3, -0.25) is 14.6 Å². The number of nitrogen functional groups attached to an aromatic ring is 1. The van der Waals surface area contributed by atoms with E-state index in [2.05, 4.69) is 9.97 Å². The van der Waals surface area contributed by atoms with Crippen LogP contribution >= 0.6 is 0 Å². The molecule has 0 unspecified atom stereocenters. The van der Waals surface area contributed by atoms with E-state index in [0.29, 0.717) is 25.3 Å². The Bertz CT molecular complexity index is 485. The van der Waals surface area contributed by atoms with Gasteiger partial charge in [0.25, 0.3) is 5.56 Å². The molecule has 1 fully saturated rings. The van der Waals surface area contributed by atoms with E-state index in [0.717, 1.165) is 6.42 Å². The Morgan fingerprint density at radius 3 is 3.06 bits per heavy atom. The molecular formula is C10H14N4O3. The highest BCUT2D eigenvalue weighted by Crippen LogP contribution is 2.21. The number of carboxylic acids is 1. The van der Waals surface area contributed by atoms with Gasteiger partial charge in [0.2, 0.25) is 5.95 Å². The number of rotatable bonds is 2. The fourth-order valence-electron chi connectivity index (χ4n) is 2.01. The number of hydrogen-bond donors (Lipinski definition) is 3. The van der Waals surface area contributed by atoms with E-state index in [1.807, 2.05) is 0 Å². The summed E-state index contributed by atoms with van der Waals surface area (Å²) in [6, 6.07) is 1.33. The predicted molar refractivity (Wildman–Crippen MR) is 61.8 cm³/mol. The van der Waals surface area contributed by atoms with Gasteiger partial charge in [-0.15, -0.1) is 0 Å². The van der Waals surface area contributed by atoms with Crippen LogP contribution in [0.2, 0.25) is 0 Å². The van der Waals surface area contributed by atoms with E-state index >= 15 is 0 Å². The highest BCUT2D eigenvalue weighted by Gasteiger charge is 2.26. The summed E-state index contributed by atoms with van der Waals surface area (Å²) in [5.74, 6) is -0.735. The van der Waals surface area contributed by atoms with Gasteiger partial charge in [0.1, 0.15) is 5.82 Å². The van der Waals surface area contributed by atoms with Gasteiger partial charge in [-0.25, -0.2) is 0 Å². The molecule has 7 heteroatoms. The molecule has 4 N–H and O–H groups in total. The van der Waals surface area contributed by atoms with Crippen molar-refractivity contribution in [3.63, 3.8) is 0 Å². The molecule has 1 aromatic heterocycles. The number of aromatic amines is 1. The topological polar surface area (TPSA) is 112 Å². The summed E-state index contributed by atoms with van der Waals surface area (Å²) in [7, 11) is 0. The molecule has 1 aliphatic heterocycles. The molecule has 0 radical (unpaired) electrons. The number of anilines is 2. The Kier molecular flexibility index (Phi) is 2.99. The normalized spacial score (nSPS) is 20.2. The van der Waals surface area contributed by atoms with Crippen molar-refractivity contribution in [2.45, 2.75) is 12.8 Å². The first-order valence-electron chi connectivity index (χ1n) is 5.41. The average molecular weight is 238 g/mol. The molecular weight excluding hydrogens is 224 g/mol. The minimum Gasteiger partial charge on any atom is -0.481 e. The summed E-state index contributed by atoms with van der Waals surface area (Å²) >= 11 is 0. The maximum absolute atomic E-state index is 11.3. The van der Waals surface area contributed by atoms with Crippen LogP contribution < -0.4 is 16.2 Å². The zero-order valence-corrected chi connectivity index (χ0v) is 9.22. The molecule has 0 aliphatic carbocycles. The lowest BCUT2D eigenvalue weighted by Gasteiger charge is -2.31. The second-order valence-corrected chi connectivity index (χ2v) is 4.11. The Morgan fingerprint density at radius 1 is 1.65 bits per heavy atom. The maximum atomic E-state index is 11.3. The fourth-order valence-corrected chi connectivity index (χ4v) is 2.01. The predicted octanol–water partition coefficient (Wildman–Crippen LogP) is -0.347. The number of nitrogens with zero attached hydrogens (tertiary/aromatic N) is 2. The van der Waals surface area contributed by atoms with Crippen molar-refractivity contribution in [2.75, 3.05) is 23.7 Å². The van der Waals surface area contributed by atoms with E-state index in [4.69, 9.17) is 10.8 Å². The molecule has 1 atom stereocenters. The van der Waals surface area contributed by atoms with Crippen molar-refractivity contribution in [1.82, 2.24) is 9.97 Å². The van der Waals surface area contributed by atoms with Gasteiger partial charge in [0.15, 0.2) is 0 Å². The number of nitrogens with one attached hydrogen (secondary N) is 1. The van der Waals surface area contributed by atoms with Crippen LogP contribution in [-0.4, -0.2) is 34.1 Å². The quantitative estimate of drug-likeness (QED) is 0.649. The van der Waals surface area contributed by atoms with Gasteiger partial charge in [-0.05, 0) is 12.8 Å². The lowest BCUT2D eigenvalue weighted by atomic mass is 9.98. The molecule has 0 saturated carbocycles. The zero-order chi connectivity index (χ0) is 12.4. The first kappa shape index (κ1) is 11.4. The minimum absolute atomic E-state index is 0.0462. The Hall–Kier alpha value is -2.05. The SMILES string of the molecule is Nc1nc(N2CCC[C@H](C(=O)O)C2)cc(=O)[nH]1. The Morgan fingerprint density at radius 2 is 2.41 bits per heavy atom. The largest absolute Gasteiger partial charge is 0.481 e. The summed E-state index contributed by atoms with van der Waals surface area (Å²) in [6.07, 6.45) is 1.43. The third-order valence-electron chi connectivity index (χ3n) is 2.84. The molecule has 17 heavy (non-hydrogen) atoms. The van der Waals surface area contributed by atoms with Crippen molar-refractivity contribution in [2.24, 2.45) is 5.92 Å². The highest BCUT2D eigenvalue weighted by molar-refractivity contribution is 5.71. The molecule has 0 amide bonds. The Labute approximate surface area is 97.3 Å². The zero-order valence-electron chi connectivity index (χ0n) is 9.22. The molecule has 92 valence electrons. The lowest BCUT2D eigenvalue weighted by Crippen LogP contribution is -2.39. The molecule has 1 aromatic rings. The summed E-state index contributed by atoms with van der Waals surface area (Å²) in [4.78, 5) is 30.3. The number of aliphatic carboxylic acids is 1.